The molecule has 7 heteroatoms. The van der Waals surface area contributed by atoms with Crippen molar-refractivity contribution in [1.82, 2.24) is 15.2 Å². The fourth-order valence-corrected chi connectivity index (χ4v) is 1.89. The normalized spacial score (nSPS) is 13.6. The molecular weight excluding hydrogens is 274 g/mol. The number of hydrogen-bond acceptors (Lipinski definition) is 4. The van der Waals surface area contributed by atoms with Gasteiger partial charge in [0.2, 0.25) is 5.91 Å². The maximum atomic E-state index is 12.2. The maximum Gasteiger partial charge on any atom is 0.337 e. The number of carboxylic acids is 1. The van der Waals surface area contributed by atoms with Crippen LogP contribution in [0.15, 0.2) is 12.1 Å². The highest BCUT2D eigenvalue weighted by Gasteiger charge is 2.25. The van der Waals surface area contributed by atoms with E-state index in [1.807, 2.05) is 0 Å². The Hall–Kier alpha value is -2.44. The minimum absolute atomic E-state index is 0.0449. The lowest BCUT2D eigenvalue weighted by Gasteiger charge is -2.16. The molecule has 7 nitrogen and oxygen atoms in total. The van der Waals surface area contributed by atoms with Gasteiger partial charge in [-0.3, -0.25) is 9.59 Å². The van der Waals surface area contributed by atoms with Crippen molar-refractivity contribution in [3.05, 3.63) is 29.1 Å². The second kappa shape index (κ2) is 5.90. The summed E-state index contributed by atoms with van der Waals surface area (Å²) in [7, 11) is 1.51. The summed E-state index contributed by atoms with van der Waals surface area (Å²) in [5.41, 5.74) is 0.448. The SMILES string of the molecule is Cc1nc(C(=O)N(C)CC(=O)NC2CC2)ccc1C(=O)O. The van der Waals surface area contributed by atoms with E-state index < -0.39 is 11.9 Å². The molecule has 0 aliphatic heterocycles. The molecule has 21 heavy (non-hydrogen) atoms. The number of likely N-dealkylation sites (N-methyl/N-ethyl adjacent to an activating group) is 1. The first kappa shape index (κ1) is 15.0. The highest BCUT2D eigenvalue weighted by Crippen LogP contribution is 2.18. The topological polar surface area (TPSA) is 99.6 Å². The quantitative estimate of drug-likeness (QED) is 0.820. The average Bonchev–Trinajstić information content (AvgIpc) is 3.20. The molecule has 1 aromatic rings. The average molecular weight is 291 g/mol. The number of aromatic carboxylic acids is 1. The van der Waals surface area contributed by atoms with E-state index in [9.17, 15) is 14.4 Å². The molecule has 0 spiro atoms. The molecule has 0 bridgehead atoms. The molecule has 1 saturated carbocycles. The molecule has 1 aromatic heterocycles. The van der Waals surface area contributed by atoms with Gasteiger partial charge in [0.05, 0.1) is 17.8 Å². The summed E-state index contributed by atoms with van der Waals surface area (Å²) in [6.07, 6.45) is 1.97. The van der Waals surface area contributed by atoms with Gasteiger partial charge < -0.3 is 15.3 Å². The summed E-state index contributed by atoms with van der Waals surface area (Å²) in [4.78, 5) is 40.0. The Morgan fingerprint density at radius 2 is 2.05 bits per heavy atom. The number of nitrogens with zero attached hydrogens (tertiary/aromatic N) is 2. The molecular formula is C14H17N3O4. The van der Waals surface area contributed by atoms with Crippen LogP contribution in [0.3, 0.4) is 0 Å². The minimum atomic E-state index is -1.09. The largest absolute Gasteiger partial charge is 0.478 e. The van der Waals surface area contributed by atoms with Gasteiger partial charge in [-0.1, -0.05) is 0 Å². The predicted octanol–water partition coefficient (Wildman–Crippen LogP) is 0.439. The number of carbonyl (C=O) groups excluding carboxylic acids is 2. The number of rotatable bonds is 5. The molecule has 2 amide bonds. The molecule has 112 valence electrons. The molecule has 1 heterocycles. The Bertz CT molecular complexity index is 596. The van der Waals surface area contributed by atoms with Crippen LogP contribution in [0.25, 0.3) is 0 Å². The number of aryl methyl sites for hydroxylation is 1. The smallest absolute Gasteiger partial charge is 0.337 e. The van der Waals surface area contributed by atoms with Crippen LogP contribution in [0.1, 0.15) is 39.4 Å². The third-order valence-electron chi connectivity index (χ3n) is 3.21. The molecule has 1 aliphatic carbocycles. The van der Waals surface area contributed by atoms with Crippen LogP contribution in [-0.2, 0) is 4.79 Å². The fraction of sp³-hybridized carbons (Fsp3) is 0.429. The third-order valence-corrected chi connectivity index (χ3v) is 3.21. The lowest BCUT2D eigenvalue weighted by Crippen LogP contribution is -2.39. The Morgan fingerprint density at radius 1 is 1.38 bits per heavy atom. The van der Waals surface area contributed by atoms with E-state index in [2.05, 4.69) is 10.3 Å². The molecule has 1 aliphatic rings. The lowest BCUT2D eigenvalue weighted by molar-refractivity contribution is -0.121. The van der Waals surface area contributed by atoms with Crippen molar-refractivity contribution in [3.8, 4) is 0 Å². The van der Waals surface area contributed by atoms with Gasteiger partial charge in [-0.25, -0.2) is 9.78 Å². The molecule has 0 unspecified atom stereocenters. The van der Waals surface area contributed by atoms with Gasteiger partial charge in [-0.2, -0.15) is 0 Å². The van der Waals surface area contributed by atoms with E-state index >= 15 is 0 Å². The van der Waals surface area contributed by atoms with Crippen LogP contribution in [0.4, 0.5) is 0 Å². The summed E-state index contributed by atoms with van der Waals surface area (Å²) in [5.74, 6) is -1.70. The maximum absolute atomic E-state index is 12.2. The Morgan fingerprint density at radius 3 is 2.57 bits per heavy atom. The summed E-state index contributed by atoms with van der Waals surface area (Å²) in [5, 5.41) is 11.7. The van der Waals surface area contributed by atoms with Crippen molar-refractivity contribution in [2.75, 3.05) is 13.6 Å². The Kier molecular flexibility index (Phi) is 4.21. The number of pyridine rings is 1. The number of carboxylic acid groups (broad SMARTS) is 1. The van der Waals surface area contributed by atoms with E-state index in [-0.39, 0.29) is 35.4 Å². The van der Waals surface area contributed by atoms with Crippen molar-refractivity contribution >= 4 is 17.8 Å². The zero-order valence-corrected chi connectivity index (χ0v) is 11.9. The highest BCUT2D eigenvalue weighted by atomic mass is 16.4. The molecule has 0 radical (unpaired) electrons. The molecule has 2 N–H and O–H groups in total. The molecule has 0 aromatic carbocycles. The fourth-order valence-electron chi connectivity index (χ4n) is 1.89. The van der Waals surface area contributed by atoms with Gasteiger partial charge in [0, 0.05) is 13.1 Å². The van der Waals surface area contributed by atoms with E-state index in [1.54, 1.807) is 0 Å². The van der Waals surface area contributed by atoms with Crippen LogP contribution in [-0.4, -0.2) is 52.4 Å². The minimum Gasteiger partial charge on any atom is -0.478 e. The second-order valence-corrected chi connectivity index (χ2v) is 5.14. The van der Waals surface area contributed by atoms with Crippen molar-refractivity contribution < 1.29 is 19.5 Å². The molecule has 0 saturated heterocycles. The van der Waals surface area contributed by atoms with Crippen molar-refractivity contribution in [2.45, 2.75) is 25.8 Å². The summed E-state index contributed by atoms with van der Waals surface area (Å²) >= 11 is 0. The van der Waals surface area contributed by atoms with Crippen molar-refractivity contribution in [3.63, 3.8) is 0 Å². The van der Waals surface area contributed by atoms with E-state index in [0.717, 1.165) is 12.8 Å². The first-order valence-electron chi connectivity index (χ1n) is 6.64. The third kappa shape index (κ3) is 3.77. The summed E-state index contributed by atoms with van der Waals surface area (Å²) in [6.45, 7) is 1.48. The van der Waals surface area contributed by atoms with E-state index in [0.29, 0.717) is 0 Å². The van der Waals surface area contributed by atoms with Gasteiger partial charge in [0.1, 0.15) is 5.69 Å². The summed E-state index contributed by atoms with van der Waals surface area (Å²) in [6, 6.07) is 2.95. The van der Waals surface area contributed by atoms with Crippen LogP contribution in [0.2, 0.25) is 0 Å². The zero-order chi connectivity index (χ0) is 15.6. The van der Waals surface area contributed by atoms with E-state index in [1.165, 1.54) is 31.0 Å². The number of aromatic nitrogens is 1. The Balaban J connectivity index is 2.02. The number of carbonyl (C=O) groups is 3. The highest BCUT2D eigenvalue weighted by molar-refractivity contribution is 5.96. The standard InChI is InChI=1S/C14H17N3O4/c1-8-10(14(20)21)5-6-11(15-8)13(19)17(2)7-12(18)16-9-3-4-9/h5-6,9H,3-4,7H2,1-2H3,(H,16,18)(H,20,21). The predicted molar refractivity (Wildman–Crippen MR) is 74.1 cm³/mol. The first-order chi connectivity index (χ1) is 9.88. The van der Waals surface area contributed by atoms with Gasteiger partial charge in [0.15, 0.2) is 0 Å². The van der Waals surface area contributed by atoms with Crippen LogP contribution in [0.5, 0.6) is 0 Å². The van der Waals surface area contributed by atoms with Gasteiger partial charge in [-0.15, -0.1) is 0 Å². The number of nitrogens with one attached hydrogen (secondary N) is 1. The first-order valence-corrected chi connectivity index (χ1v) is 6.64. The van der Waals surface area contributed by atoms with Gasteiger partial charge in [-0.05, 0) is 31.9 Å². The van der Waals surface area contributed by atoms with Crippen LogP contribution in [0, 0.1) is 6.92 Å². The van der Waals surface area contributed by atoms with Gasteiger partial charge in [0.25, 0.3) is 5.91 Å². The molecule has 0 atom stereocenters. The number of hydrogen-bond donors (Lipinski definition) is 2. The van der Waals surface area contributed by atoms with E-state index in [4.69, 9.17) is 5.11 Å². The van der Waals surface area contributed by atoms with Crippen molar-refractivity contribution in [1.29, 1.82) is 0 Å². The second-order valence-electron chi connectivity index (χ2n) is 5.14. The van der Waals surface area contributed by atoms with Crippen molar-refractivity contribution in [2.24, 2.45) is 0 Å². The zero-order valence-electron chi connectivity index (χ0n) is 11.9. The lowest BCUT2D eigenvalue weighted by atomic mass is 10.2. The molecule has 2 rings (SSSR count). The van der Waals surface area contributed by atoms with Gasteiger partial charge >= 0.3 is 5.97 Å². The monoisotopic (exact) mass is 291 g/mol. The van der Waals surface area contributed by atoms with Crippen LogP contribution >= 0.6 is 0 Å². The number of amides is 2. The summed E-state index contributed by atoms with van der Waals surface area (Å²) < 4.78 is 0. The van der Waals surface area contributed by atoms with Crippen LogP contribution < -0.4 is 5.32 Å². The Labute approximate surface area is 122 Å². The molecule has 1 fully saturated rings.